The van der Waals surface area contributed by atoms with Crippen LogP contribution in [0.1, 0.15) is 24.6 Å². The van der Waals surface area contributed by atoms with Crippen LogP contribution >= 0.6 is 11.6 Å². The van der Waals surface area contributed by atoms with E-state index in [9.17, 15) is 0 Å². The van der Waals surface area contributed by atoms with E-state index in [-0.39, 0.29) is 0 Å². The minimum Gasteiger partial charge on any atom is -0.478 e. The van der Waals surface area contributed by atoms with Gasteiger partial charge in [-0.3, -0.25) is 0 Å². The van der Waals surface area contributed by atoms with Crippen LogP contribution in [-0.2, 0) is 5.88 Å². The molecular formula is C10H14ClNO. The van der Waals surface area contributed by atoms with Crippen molar-refractivity contribution >= 4 is 11.6 Å². The zero-order valence-electron chi connectivity index (χ0n) is 8.01. The molecule has 0 bridgehead atoms. The average molecular weight is 200 g/mol. The first-order valence-electron chi connectivity index (χ1n) is 4.43. The predicted octanol–water partition coefficient (Wildman–Crippen LogP) is 2.92. The summed E-state index contributed by atoms with van der Waals surface area (Å²) in [6.45, 7) is 4.73. The van der Waals surface area contributed by atoms with E-state index in [0.717, 1.165) is 17.7 Å². The Morgan fingerprint density at radius 3 is 2.77 bits per heavy atom. The molecule has 1 aromatic rings. The number of rotatable bonds is 4. The molecule has 0 amide bonds. The number of ether oxygens (including phenoxy) is 1. The molecule has 1 heterocycles. The van der Waals surface area contributed by atoms with Gasteiger partial charge >= 0.3 is 0 Å². The smallest absolute Gasteiger partial charge is 0.213 e. The zero-order chi connectivity index (χ0) is 9.68. The van der Waals surface area contributed by atoms with Crippen LogP contribution in [0.5, 0.6) is 5.88 Å². The van der Waals surface area contributed by atoms with E-state index < -0.39 is 0 Å². The number of hydrogen-bond donors (Lipinski definition) is 0. The summed E-state index contributed by atoms with van der Waals surface area (Å²) in [6.07, 6.45) is 0.998. The molecule has 2 nitrogen and oxygen atoms in total. The standard InChI is InChI=1S/C10H14ClNO/c1-3-6-13-10-5-4-9(7-11)8(2)12-10/h4-5H,3,6-7H2,1-2H3. The Kier molecular flexibility index (Phi) is 4.03. The summed E-state index contributed by atoms with van der Waals surface area (Å²) < 4.78 is 5.38. The maximum atomic E-state index is 5.71. The lowest BCUT2D eigenvalue weighted by Crippen LogP contribution is -1.99. The molecule has 0 aliphatic carbocycles. The van der Waals surface area contributed by atoms with Crippen LogP contribution in [0.2, 0.25) is 0 Å². The second kappa shape index (κ2) is 5.07. The van der Waals surface area contributed by atoms with Gasteiger partial charge < -0.3 is 4.74 Å². The van der Waals surface area contributed by atoms with Crippen molar-refractivity contribution in [1.29, 1.82) is 0 Å². The van der Waals surface area contributed by atoms with Crippen molar-refractivity contribution in [2.45, 2.75) is 26.1 Å². The molecule has 0 aliphatic heterocycles. The SMILES string of the molecule is CCCOc1ccc(CCl)c(C)n1. The van der Waals surface area contributed by atoms with E-state index in [1.165, 1.54) is 0 Å². The van der Waals surface area contributed by atoms with Gasteiger partial charge in [-0.15, -0.1) is 11.6 Å². The van der Waals surface area contributed by atoms with Gasteiger partial charge in [0.25, 0.3) is 0 Å². The van der Waals surface area contributed by atoms with Crippen molar-refractivity contribution < 1.29 is 4.74 Å². The first-order chi connectivity index (χ1) is 6.27. The summed E-state index contributed by atoms with van der Waals surface area (Å²) >= 11 is 5.71. The van der Waals surface area contributed by atoms with E-state index in [0.29, 0.717) is 18.4 Å². The van der Waals surface area contributed by atoms with Crippen LogP contribution in [0.4, 0.5) is 0 Å². The molecular weight excluding hydrogens is 186 g/mol. The zero-order valence-corrected chi connectivity index (χ0v) is 8.77. The van der Waals surface area contributed by atoms with E-state index in [4.69, 9.17) is 16.3 Å². The number of pyridine rings is 1. The molecule has 3 heteroatoms. The van der Waals surface area contributed by atoms with Crippen LogP contribution in [0, 0.1) is 6.92 Å². The molecule has 0 spiro atoms. The molecule has 0 aromatic carbocycles. The highest BCUT2D eigenvalue weighted by molar-refractivity contribution is 6.17. The van der Waals surface area contributed by atoms with Gasteiger partial charge in [-0.2, -0.15) is 0 Å². The summed E-state index contributed by atoms with van der Waals surface area (Å²) in [4.78, 5) is 4.27. The Bertz CT molecular complexity index is 276. The fourth-order valence-corrected chi connectivity index (χ4v) is 1.28. The van der Waals surface area contributed by atoms with E-state index >= 15 is 0 Å². The molecule has 0 N–H and O–H groups in total. The number of nitrogens with zero attached hydrogens (tertiary/aromatic N) is 1. The van der Waals surface area contributed by atoms with Crippen LogP contribution in [0.3, 0.4) is 0 Å². The van der Waals surface area contributed by atoms with Gasteiger partial charge in [0.15, 0.2) is 0 Å². The van der Waals surface area contributed by atoms with Gasteiger partial charge in [0.05, 0.1) is 6.61 Å². The van der Waals surface area contributed by atoms with Crippen molar-refractivity contribution in [3.8, 4) is 5.88 Å². The Morgan fingerprint density at radius 1 is 1.46 bits per heavy atom. The lowest BCUT2D eigenvalue weighted by atomic mass is 10.2. The monoisotopic (exact) mass is 199 g/mol. The third-order valence-corrected chi connectivity index (χ3v) is 2.06. The predicted molar refractivity (Wildman–Crippen MR) is 54.3 cm³/mol. The van der Waals surface area contributed by atoms with Crippen LogP contribution in [0.15, 0.2) is 12.1 Å². The maximum absolute atomic E-state index is 5.71. The van der Waals surface area contributed by atoms with Gasteiger partial charge in [-0.1, -0.05) is 13.0 Å². The molecule has 0 saturated heterocycles. The molecule has 72 valence electrons. The third-order valence-electron chi connectivity index (χ3n) is 1.77. The number of hydrogen-bond acceptors (Lipinski definition) is 2. The number of alkyl halides is 1. The largest absolute Gasteiger partial charge is 0.478 e. The summed E-state index contributed by atoms with van der Waals surface area (Å²) in [5.74, 6) is 1.20. The highest BCUT2D eigenvalue weighted by Crippen LogP contribution is 2.14. The Hall–Kier alpha value is -0.760. The number of halogens is 1. The van der Waals surface area contributed by atoms with Crippen molar-refractivity contribution in [1.82, 2.24) is 4.98 Å². The summed E-state index contributed by atoms with van der Waals surface area (Å²) in [5, 5.41) is 0. The molecule has 1 aromatic heterocycles. The summed E-state index contributed by atoms with van der Waals surface area (Å²) in [6, 6.07) is 3.82. The van der Waals surface area contributed by atoms with Gasteiger partial charge in [-0.05, 0) is 18.9 Å². The Labute approximate surface area is 83.9 Å². The van der Waals surface area contributed by atoms with Crippen molar-refractivity contribution in [3.05, 3.63) is 23.4 Å². The fourth-order valence-electron chi connectivity index (χ4n) is 0.995. The highest BCUT2D eigenvalue weighted by atomic mass is 35.5. The lowest BCUT2D eigenvalue weighted by molar-refractivity contribution is 0.304. The fraction of sp³-hybridized carbons (Fsp3) is 0.500. The lowest BCUT2D eigenvalue weighted by Gasteiger charge is -2.06. The molecule has 0 saturated carbocycles. The molecule has 0 fully saturated rings. The van der Waals surface area contributed by atoms with Gasteiger partial charge in [0.2, 0.25) is 5.88 Å². The van der Waals surface area contributed by atoms with Gasteiger partial charge in [0.1, 0.15) is 0 Å². The molecule has 0 aliphatic rings. The van der Waals surface area contributed by atoms with Crippen molar-refractivity contribution in [2.75, 3.05) is 6.61 Å². The van der Waals surface area contributed by atoms with E-state index in [1.807, 2.05) is 19.1 Å². The normalized spacial score (nSPS) is 10.1. The minimum absolute atomic E-state index is 0.507. The topological polar surface area (TPSA) is 22.1 Å². The van der Waals surface area contributed by atoms with Crippen molar-refractivity contribution in [3.63, 3.8) is 0 Å². The van der Waals surface area contributed by atoms with Gasteiger partial charge in [-0.25, -0.2) is 4.98 Å². The quantitative estimate of drug-likeness (QED) is 0.696. The molecule has 13 heavy (non-hydrogen) atoms. The summed E-state index contributed by atoms with van der Waals surface area (Å²) in [5.41, 5.74) is 2.01. The Balaban J connectivity index is 2.71. The first-order valence-corrected chi connectivity index (χ1v) is 4.96. The van der Waals surface area contributed by atoms with Crippen LogP contribution < -0.4 is 4.74 Å². The van der Waals surface area contributed by atoms with Crippen molar-refractivity contribution in [2.24, 2.45) is 0 Å². The number of aromatic nitrogens is 1. The third kappa shape index (κ3) is 2.88. The van der Waals surface area contributed by atoms with Gasteiger partial charge in [0, 0.05) is 17.6 Å². The highest BCUT2D eigenvalue weighted by Gasteiger charge is 2.00. The van der Waals surface area contributed by atoms with E-state index in [1.54, 1.807) is 0 Å². The average Bonchev–Trinajstić information content (AvgIpc) is 2.15. The molecule has 0 unspecified atom stereocenters. The second-order valence-corrected chi connectivity index (χ2v) is 3.14. The second-order valence-electron chi connectivity index (χ2n) is 2.88. The van der Waals surface area contributed by atoms with E-state index in [2.05, 4.69) is 11.9 Å². The molecule has 1 rings (SSSR count). The van der Waals surface area contributed by atoms with Crippen LogP contribution in [-0.4, -0.2) is 11.6 Å². The Morgan fingerprint density at radius 2 is 2.23 bits per heavy atom. The first kappa shape index (κ1) is 10.3. The minimum atomic E-state index is 0.507. The van der Waals surface area contributed by atoms with Crippen LogP contribution in [0.25, 0.3) is 0 Å². The summed E-state index contributed by atoms with van der Waals surface area (Å²) in [7, 11) is 0. The number of aryl methyl sites for hydroxylation is 1. The molecule has 0 atom stereocenters. The molecule has 0 radical (unpaired) electrons. The maximum Gasteiger partial charge on any atom is 0.213 e.